The Labute approximate surface area is 131 Å². The van der Waals surface area contributed by atoms with Crippen LogP contribution < -0.4 is 10.2 Å². The van der Waals surface area contributed by atoms with Gasteiger partial charge in [-0.3, -0.25) is 4.68 Å². The molecule has 0 saturated carbocycles. The third-order valence-electron chi connectivity index (χ3n) is 3.84. The van der Waals surface area contributed by atoms with Crippen molar-refractivity contribution in [3.8, 4) is 0 Å². The van der Waals surface area contributed by atoms with E-state index < -0.39 is 0 Å². The second kappa shape index (κ2) is 7.56. The van der Waals surface area contributed by atoms with Crippen molar-refractivity contribution in [3.05, 3.63) is 29.5 Å². The Morgan fingerprint density at radius 1 is 1.33 bits per heavy atom. The SMILES string of the molecule is CCN(CC)c1ncc(CNC(C)C(C)n2cccn2)s1. The average molecular weight is 307 g/mol. The van der Waals surface area contributed by atoms with Crippen molar-refractivity contribution in [2.75, 3.05) is 18.0 Å². The van der Waals surface area contributed by atoms with Crippen LogP contribution in [0, 0.1) is 0 Å². The summed E-state index contributed by atoms with van der Waals surface area (Å²) in [5.41, 5.74) is 0. The third-order valence-corrected chi connectivity index (χ3v) is 4.90. The molecular weight excluding hydrogens is 282 g/mol. The van der Waals surface area contributed by atoms with Crippen molar-refractivity contribution < 1.29 is 0 Å². The van der Waals surface area contributed by atoms with Crippen molar-refractivity contribution in [3.63, 3.8) is 0 Å². The van der Waals surface area contributed by atoms with E-state index in [9.17, 15) is 0 Å². The molecule has 116 valence electrons. The molecule has 0 aliphatic heterocycles. The first kappa shape index (κ1) is 16.0. The standard InChI is InChI=1S/C15H25N5S/c1-5-19(6-2)15-17-11-14(21-15)10-16-12(3)13(4)20-9-7-8-18-20/h7-9,11-13,16H,5-6,10H2,1-4H3. The van der Waals surface area contributed by atoms with Gasteiger partial charge in [0.1, 0.15) is 0 Å². The van der Waals surface area contributed by atoms with Gasteiger partial charge in [-0.25, -0.2) is 4.98 Å². The topological polar surface area (TPSA) is 46.0 Å². The van der Waals surface area contributed by atoms with E-state index in [0.29, 0.717) is 12.1 Å². The van der Waals surface area contributed by atoms with Crippen LogP contribution in [0.15, 0.2) is 24.7 Å². The van der Waals surface area contributed by atoms with E-state index in [2.05, 4.69) is 48.0 Å². The van der Waals surface area contributed by atoms with Crippen LogP contribution in [-0.4, -0.2) is 33.9 Å². The van der Waals surface area contributed by atoms with Crippen molar-refractivity contribution in [1.82, 2.24) is 20.1 Å². The van der Waals surface area contributed by atoms with Crippen LogP contribution in [0.2, 0.25) is 0 Å². The zero-order chi connectivity index (χ0) is 15.2. The van der Waals surface area contributed by atoms with Crippen molar-refractivity contribution in [2.24, 2.45) is 0 Å². The first-order valence-corrected chi connectivity index (χ1v) is 8.39. The summed E-state index contributed by atoms with van der Waals surface area (Å²) < 4.78 is 1.99. The minimum Gasteiger partial charge on any atom is -0.349 e. The van der Waals surface area contributed by atoms with E-state index in [1.165, 1.54) is 4.88 Å². The lowest BCUT2D eigenvalue weighted by atomic mass is 10.2. The van der Waals surface area contributed by atoms with Gasteiger partial charge in [0.25, 0.3) is 0 Å². The second-order valence-electron chi connectivity index (χ2n) is 5.18. The number of nitrogens with zero attached hydrogens (tertiary/aromatic N) is 4. The van der Waals surface area contributed by atoms with Crippen LogP contribution >= 0.6 is 11.3 Å². The van der Waals surface area contributed by atoms with E-state index in [-0.39, 0.29) is 0 Å². The molecule has 0 radical (unpaired) electrons. The number of nitrogens with one attached hydrogen (secondary N) is 1. The van der Waals surface area contributed by atoms with Crippen LogP contribution in [0.5, 0.6) is 0 Å². The van der Waals surface area contributed by atoms with E-state index in [4.69, 9.17) is 0 Å². The molecule has 2 aromatic heterocycles. The Balaban J connectivity index is 1.88. The summed E-state index contributed by atoms with van der Waals surface area (Å²) in [5, 5.41) is 8.98. The Bertz CT molecular complexity index is 518. The van der Waals surface area contributed by atoms with Crippen LogP contribution in [0.25, 0.3) is 0 Å². The fourth-order valence-corrected chi connectivity index (χ4v) is 3.19. The van der Waals surface area contributed by atoms with E-state index in [1.54, 1.807) is 11.3 Å². The summed E-state index contributed by atoms with van der Waals surface area (Å²) >= 11 is 1.77. The van der Waals surface area contributed by atoms with Crippen LogP contribution in [0.3, 0.4) is 0 Å². The lowest BCUT2D eigenvalue weighted by Gasteiger charge is -2.21. The first-order valence-electron chi connectivity index (χ1n) is 7.57. The molecule has 0 aliphatic rings. The number of aromatic nitrogens is 3. The van der Waals surface area contributed by atoms with Gasteiger partial charge in [-0.1, -0.05) is 0 Å². The molecule has 0 aromatic carbocycles. The van der Waals surface area contributed by atoms with Gasteiger partial charge >= 0.3 is 0 Å². The summed E-state index contributed by atoms with van der Waals surface area (Å²) in [7, 11) is 0. The molecular formula is C15H25N5S. The summed E-state index contributed by atoms with van der Waals surface area (Å²) in [4.78, 5) is 8.07. The van der Waals surface area contributed by atoms with E-state index in [1.807, 2.05) is 29.3 Å². The zero-order valence-corrected chi connectivity index (χ0v) is 14.1. The van der Waals surface area contributed by atoms with E-state index >= 15 is 0 Å². The minimum atomic E-state index is 0.329. The smallest absolute Gasteiger partial charge is 0.185 e. The molecule has 0 bridgehead atoms. The molecule has 5 nitrogen and oxygen atoms in total. The van der Waals surface area contributed by atoms with Gasteiger partial charge in [0.15, 0.2) is 5.13 Å². The predicted molar refractivity (Wildman–Crippen MR) is 88.9 cm³/mol. The Morgan fingerprint density at radius 3 is 2.71 bits per heavy atom. The molecule has 0 amide bonds. The molecule has 6 heteroatoms. The highest BCUT2D eigenvalue weighted by Crippen LogP contribution is 2.22. The molecule has 1 N–H and O–H groups in total. The predicted octanol–water partition coefficient (Wildman–Crippen LogP) is 2.93. The van der Waals surface area contributed by atoms with Crippen molar-refractivity contribution >= 4 is 16.5 Å². The number of hydrogen-bond acceptors (Lipinski definition) is 5. The number of hydrogen-bond donors (Lipinski definition) is 1. The maximum atomic E-state index is 4.52. The summed E-state index contributed by atoms with van der Waals surface area (Å²) in [5.74, 6) is 0. The molecule has 2 aromatic rings. The van der Waals surface area contributed by atoms with Crippen LogP contribution in [-0.2, 0) is 6.54 Å². The van der Waals surface area contributed by atoms with Crippen molar-refractivity contribution in [2.45, 2.75) is 46.3 Å². The monoisotopic (exact) mass is 307 g/mol. The van der Waals surface area contributed by atoms with Gasteiger partial charge in [0, 0.05) is 49.1 Å². The molecule has 2 heterocycles. The molecule has 0 aliphatic carbocycles. The molecule has 0 spiro atoms. The average Bonchev–Trinajstić information content (AvgIpc) is 3.17. The van der Waals surface area contributed by atoms with Gasteiger partial charge in [0.05, 0.1) is 6.04 Å². The molecule has 2 unspecified atom stereocenters. The normalized spacial score (nSPS) is 14.1. The van der Waals surface area contributed by atoms with Crippen LogP contribution in [0.4, 0.5) is 5.13 Å². The highest BCUT2D eigenvalue weighted by Gasteiger charge is 2.14. The lowest BCUT2D eigenvalue weighted by molar-refractivity contribution is 0.366. The summed E-state index contributed by atoms with van der Waals surface area (Å²) in [6, 6.07) is 2.64. The van der Waals surface area contributed by atoms with Gasteiger partial charge < -0.3 is 10.2 Å². The zero-order valence-electron chi connectivity index (χ0n) is 13.3. The quantitative estimate of drug-likeness (QED) is 0.814. The molecule has 21 heavy (non-hydrogen) atoms. The Kier molecular flexibility index (Phi) is 5.76. The third kappa shape index (κ3) is 4.04. The largest absolute Gasteiger partial charge is 0.349 e. The molecule has 2 rings (SSSR count). The second-order valence-corrected chi connectivity index (χ2v) is 6.27. The maximum Gasteiger partial charge on any atom is 0.185 e. The lowest BCUT2D eigenvalue weighted by Crippen LogP contribution is -2.33. The fourth-order valence-electron chi connectivity index (χ4n) is 2.20. The van der Waals surface area contributed by atoms with Gasteiger partial charge in [-0.2, -0.15) is 5.10 Å². The summed E-state index contributed by atoms with van der Waals surface area (Å²) in [6.07, 6.45) is 5.81. The molecule has 2 atom stereocenters. The molecule has 0 saturated heterocycles. The number of thiazole rings is 1. The number of rotatable bonds is 8. The highest BCUT2D eigenvalue weighted by molar-refractivity contribution is 7.15. The first-order chi connectivity index (χ1) is 10.2. The summed E-state index contributed by atoms with van der Waals surface area (Å²) in [6.45, 7) is 11.6. The van der Waals surface area contributed by atoms with Crippen molar-refractivity contribution in [1.29, 1.82) is 0 Å². The number of anilines is 1. The van der Waals surface area contributed by atoms with Gasteiger partial charge in [0.2, 0.25) is 0 Å². The maximum absolute atomic E-state index is 4.52. The Morgan fingerprint density at radius 2 is 2.10 bits per heavy atom. The van der Waals surface area contributed by atoms with E-state index in [0.717, 1.165) is 24.8 Å². The fraction of sp³-hybridized carbons (Fsp3) is 0.600. The highest BCUT2D eigenvalue weighted by atomic mass is 32.1. The van der Waals surface area contributed by atoms with Gasteiger partial charge in [-0.05, 0) is 33.8 Å². The van der Waals surface area contributed by atoms with Crippen LogP contribution in [0.1, 0.15) is 38.6 Å². The Hall–Kier alpha value is -1.40. The minimum absolute atomic E-state index is 0.329. The molecule has 0 fully saturated rings. The van der Waals surface area contributed by atoms with Gasteiger partial charge in [-0.15, -0.1) is 11.3 Å².